The Labute approximate surface area is 111 Å². The van der Waals surface area contributed by atoms with E-state index in [1.165, 1.54) is 25.4 Å². The van der Waals surface area contributed by atoms with Crippen LogP contribution in [0.4, 0.5) is 5.82 Å². The molecule has 0 atom stereocenters. The van der Waals surface area contributed by atoms with Gasteiger partial charge in [-0.1, -0.05) is 12.8 Å². The number of aryl methyl sites for hydroxylation is 1. The van der Waals surface area contributed by atoms with Gasteiger partial charge in [-0.25, -0.2) is 0 Å². The number of rotatable bonds is 4. The van der Waals surface area contributed by atoms with Gasteiger partial charge >= 0.3 is 5.82 Å². The Balaban J connectivity index is 1.83. The minimum atomic E-state index is -0.535. The Kier molecular flexibility index (Phi) is 4.48. The van der Waals surface area contributed by atoms with Gasteiger partial charge < -0.3 is 19.6 Å². The van der Waals surface area contributed by atoms with E-state index in [-0.39, 0.29) is 11.7 Å². The third kappa shape index (κ3) is 3.77. The average Bonchev–Trinajstić information content (AvgIpc) is 2.70. The quantitative estimate of drug-likeness (QED) is 0.612. The lowest BCUT2D eigenvalue weighted by atomic mass is 10.2. The van der Waals surface area contributed by atoms with E-state index in [9.17, 15) is 14.9 Å². The molecule has 0 aromatic carbocycles. The second-order valence-electron chi connectivity index (χ2n) is 4.77. The molecule has 0 spiro atoms. The number of aromatic nitrogens is 2. The number of hydrogen-bond donors (Lipinski definition) is 0. The Bertz CT molecular complexity index is 450. The summed E-state index contributed by atoms with van der Waals surface area (Å²) in [5.41, 5.74) is 0. The summed E-state index contributed by atoms with van der Waals surface area (Å²) in [5.74, 6) is -0.0551. The van der Waals surface area contributed by atoms with Gasteiger partial charge in [0.05, 0.1) is 0 Å². The van der Waals surface area contributed by atoms with Crippen LogP contribution in [0, 0.1) is 10.1 Å². The number of likely N-dealkylation sites (tertiary alicyclic amines) is 1. The zero-order chi connectivity index (χ0) is 13.7. The molecule has 19 heavy (non-hydrogen) atoms. The fourth-order valence-corrected chi connectivity index (χ4v) is 2.27. The molecule has 7 heteroatoms. The van der Waals surface area contributed by atoms with E-state index in [1.807, 2.05) is 4.90 Å². The summed E-state index contributed by atoms with van der Waals surface area (Å²) in [6.45, 7) is 2.11. The highest BCUT2D eigenvalue weighted by Crippen LogP contribution is 2.11. The van der Waals surface area contributed by atoms with Crippen LogP contribution in [0.3, 0.4) is 0 Å². The van der Waals surface area contributed by atoms with Gasteiger partial charge in [0, 0.05) is 26.1 Å². The molecule has 7 nitrogen and oxygen atoms in total. The molecule has 0 saturated carbocycles. The minimum Gasteiger partial charge on any atom is -0.358 e. The van der Waals surface area contributed by atoms with Gasteiger partial charge in [0.2, 0.25) is 12.2 Å². The molecule has 1 aliphatic heterocycles. The summed E-state index contributed by atoms with van der Waals surface area (Å²) in [5, 5.41) is 10.5. The van der Waals surface area contributed by atoms with E-state index in [2.05, 4.69) is 4.98 Å². The van der Waals surface area contributed by atoms with Crippen molar-refractivity contribution in [2.75, 3.05) is 13.1 Å². The summed E-state index contributed by atoms with van der Waals surface area (Å²) in [6.07, 6.45) is 7.65. The van der Waals surface area contributed by atoms with Crippen LogP contribution in [0.2, 0.25) is 0 Å². The molecule has 2 rings (SSSR count). The molecule has 0 radical (unpaired) electrons. The van der Waals surface area contributed by atoms with Crippen molar-refractivity contribution < 1.29 is 9.72 Å². The molecule has 1 saturated heterocycles. The molecule has 1 amide bonds. The lowest BCUT2D eigenvalue weighted by Crippen LogP contribution is -2.32. The number of hydrogen-bond acceptors (Lipinski definition) is 4. The van der Waals surface area contributed by atoms with E-state index < -0.39 is 4.92 Å². The molecule has 1 aromatic rings. The highest BCUT2D eigenvalue weighted by molar-refractivity contribution is 5.76. The maximum atomic E-state index is 12.0. The van der Waals surface area contributed by atoms with Crippen LogP contribution in [-0.4, -0.2) is 38.4 Å². The monoisotopic (exact) mass is 266 g/mol. The van der Waals surface area contributed by atoms with Crippen molar-refractivity contribution in [2.45, 2.75) is 38.6 Å². The zero-order valence-electron chi connectivity index (χ0n) is 10.8. The highest BCUT2D eigenvalue weighted by Gasteiger charge is 2.16. The summed E-state index contributed by atoms with van der Waals surface area (Å²) in [6, 6.07) is 0. The van der Waals surface area contributed by atoms with Gasteiger partial charge in [-0.3, -0.25) is 4.79 Å². The van der Waals surface area contributed by atoms with Crippen LogP contribution in [0.25, 0.3) is 0 Å². The third-order valence-electron chi connectivity index (χ3n) is 3.35. The first-order chi connectivity index (χ1) is 9.16. The van der Waals surface area contributed by atoms with E-state index in [4.69, 9.17) is 0 Å². The van der Waals surface area contributed by atoms with Crippen molar-refractivity contribution in [3.05, 3.63) is 22.6 Å². The first-order valence-electron chi connectivity index (χ1n) is 6.61. The lowest BCUT2D eigenvalue weighted by molar-refractivity contribution is -0.389. The Morgan fingerprint density at radius 1 is 1.32 bits per heavy atom. The van der Waals surface area contributed by atoms with E-state index in [0.29, 0.717) is 13.0 Å². The minimum absolute atomic E-state index is 0.123. The number of carbonyl (C=O) groups excluding carboxylic acids is 1. The standard InChI is InChI=1S/C12H18N4O3/c17-12(15-6-3-1-2-4-7-15)5-8-14-9-11(13-10-14)16(18)19/h9-10H,1-8H2. The molecule has 1 aromatic heterocycles. The molecule has 0 unspecified atom stereocenters. The fraction of sp³-hybridized carbons (Fsp3) is 0.667. The predicted molar refractivity (Wildman–Crippen MR) is 68.5 cm³/mol. The summed E-state index contributed by atoms with van der Waals surface area (Å²) in [4.78, 5) is 27.5. The summed E-state index contributed by atoms with van der Waals surface area (Å²) >= 11 is 0. The van der Waals surface area contributed by atoms with Crippen LogP contribution in [0.1, 0.15) is 32.1 Å². The molecule has 2 heterocycles. The van der Waals surface area contributed by atoms with E-state index in [1.54, 1.807) is 4.57 Å². The summed E-state index contributed by atoms with van der Waals surface area (Å²) in [7, 11) is 0. The first-order valence-corrected chi connectivity index (χ1v) is 6.61. The van der Waals surface area contributed by atoms with Gasteiger partial charge in [-0.15, -0.1) is 0 Å². The number of carbonyl (C=O) groups is 1. The Hall–Kier alpha value is -1.92. The van der Waals surface area contributed by atoms with Crippen molar-refractivity contribution in [1.82, 2.24) is 14.5 Å². The highest BCUT2D eigenvalue weighted by atomic mass is 16.6. The Morgan fingerprint density at radius 2 is 2.00 bits per heavy atom. The van der Waals surface area contributed by atoms with Gasteiger partial charge in [-0.05, 0) is 22.7 Å². The molecular formula is C12H18N4O3. The number of nitro groups is 1. The third-order valence-corrected chi connectivity index (χ3v) is 3.35. The smallest absolute Gasteiger partial charge is 0.358 e. The molecule has 104 valence electrons. The average molecular weight is 266 g/mol. The van der Waals surface area contributed by atoms with Gasteiger partial charge in [0.25, 0.3) is 0 Å². The van der Waals surface area contributed by atoms with Crippen molar-refractivity contribution in [3.8, 4) is 0 Å². The maximum absolute atomic E-state index is 12.0. The number of nitrogens with zero attached hydrogens (tertiary/aromatic N) is 4. The molecule has 0 bridgehead atoms. The second kappa shape index (κ2) is 6.31. The van der Waals surface area contributed by atoms with Gasteiger partial charge in [0.15, 0.2) is 0 Å². The van der Waals surface area contributed by atoms with E-state index >= 15 is 0 Å². The van der Waals surface area contributed by atoms with Crippen LogP contribution in [0.15, 0.2) is 12.5 Å². The van der Waals surface area contributed by atoms with Crippen LogP contribution >= 0.6 is 0 Å². The second-order valence-corrected chi connectivity index (χ2v) is 4.77. The predicted octanol–water partition coefficient (Wildman–Crippen LogP) is 1.58. The van der Waals surface area contributed by atoms with Crippen LogP contribution in [0.5, 0.6) is 0 Å². The molecule has 1 aliphatic rings. The molecular weight excluding hydrogens is 248 g/mol. The van der Waals surface area contributed by atoms with Gasteiger partial charge in [0.1, 0.15) is 6.20 Å². The van der Waals surface area contributed by atoms with E-state index in [0.717, 1.165) is 25.9 Å². The van der Waals surface area contributed by atoms with Crippen molar-refractivity contribution in [3.63, 3.8) is 0 Å². The molecule has 0 aliphatic carbocycles. The van der Waals surface area contributed by atoms with Crippen LogP contribution < -0.4 is 0 Å². The number of amides is 1. The normalized spacial score (nSPS) is 16.1. The van der Waals surface area contributed by atoms with Crippen molar-refractivity contribution >= 4 is 11.7 Å². The van der Waals surface area contributed by atoms with Gasteiger partial charge in [-0.2, -0.15) is 0 Å². The SMILES string of the molecule is O=C(CCn1cnc([N+](=O)[O-])c1)N1CCCCCC1. The summed E-state index contributed by atoms with van der Waals surface area (Å²) < 4.78 is 1.59. The van der Waals surface area contributed by atoms with Crippen LogP contribution in [-0.2, 0) is 11.3 Å². The lowest BCUT2D eigenvalue weighted by Gasteiger charge is -2.20. The molecule has 1 fully saturated rings. The van der Waals surface area contributed by atoms with Crippen molar-refractivity contribution in [2.24, 2.45) is 0 Å². The molecule has 0 N–H and O–H groups in total. The first kappa shape index (κ1) is 13.5. The maximum Gasteiger partial charge on any atom is 0.381 e. The van der Waals surface area contributed by atoms with Crippen molar-refractivity contribution in [1.29, 1.82) is 0 Å². The topological polar surface area (TPSA) is 81.3 Å². The fourth-order valence-electron chi connectivity index (χ4n) is 2.27. The zero-order valence-corrected chi connectivity index (χ0v) is 10.8. The largest absolute Gasteiger partial charge is 0.381 e. The number of imidazole rings is 1. The Morgan fingerprint density at radius 3 is 2.58 bits per heavy atom.